The van der Waals surface area contributed by atoms with Crippen LogP contribution in [0.4, 0.5) is 11.6 Å². The van der Waals surface area contributed by atoms with Crippen LogP contribution in [0.25, 0.3) is 11.4 Å². The lowest BCUT2D eigenvalue weighted by Crippen LogP contribution is -2.29. The first-order valence-corrected chi connectivity index (χ1v) is 8.47. The highest BCUT2D eigenvalue weighted by atomic mass is 15.4. The Morgan fingerprint density at radius 3 is 1.56 bits per heavy atom. The second-order valence-electron chi connectivity index (χ2n) is 5.78. The van der Waals surface area contributed by atoms with Crippen molar-refractivity contribution >= 4 is 11.6 Å². The summed E-state index contributed by atoms with van der Waals surface area (Å²) in [5.74, 6) is 1.43. The van der Waals surface area contributed by atoms with Crippen LogP contribution in [-0.2, 0) is 0 Å². The normalized spacial score (nSPS) is 10.5. The van der Waals surface area contributed by atoms with Crippen LogP contribution in [0.3, 0.4) is 0 Å². The van der Waals surface area contributed by atoms with Gasteiger partial charge in [-0.15, -0.1) is 0 Å². The zero-order chi connectivity index (χ0) is 18.5. The third-order valence-electron chi connectivity index (χ3n) is 4.00. The van der Waals surface area contributed by atoms with E-state index < -0.39 is 6.17 Å². The highest BCUT2D eigenvalue weighted by molar-refractivity contribution is 5.51. The Morgan fingerprint density at radius 2 is 1.15 bits per heavy atom. The maximum Gasteiger partial charge on any atom is 0.189 e. The summed E-state index contributed by atoms with van der Waals surface area (Å²) < 4.78 is 3.50. The second kappa shape index (κ2) is 7.45. The number of nitrogens with one attached hydrogen (secondary N) is 2. The first-order chi connectivity index (χ1) is 13.3. The Balaban J connectivity index is 1.55. The lowest BCUT2D eigenvalue weighted by molar-refractivity contribution is 0.845. The van der Waals surface area contributed by atoms with E-state index in [0.29, 0.717) is 11.6 Å². The molecular formula is C20H17N7. The monoisotopic (exact) mass is 355 g/mol. The average molecular weight is 355 g/mol. The van der Waals surface area contributed by atoms with Gasteiger partial charge >= 0.3 is 0 Å². The Bertz CT molecular complexity index is 965. The lowest BCUT2D eigenvalue weighted by Gasteiger charge is -2.17. The summed E-state index contributed by atoms with van der Waals surface area (Å²) in [4.78, 5) is 0. The first-order valence-electron chi connectivity index (χ1n) is 8.47. The number of hydrogen-bond donors (Lipinski definition) is 2. The van der Waals surface area contributed by atoms with E-state index in [1.54, 1.807) is 21.8 Å². The van der Waals surface area contributed by atoms with Gasteiger partial charge in [0.25, 0.3) is 0 Å². The van der Waals surface area contributed by atoms with Gasteiger partial charge in [0.05, 0.1) is 23.8 Å². The molecule has 7 heteroatoms. The van der Waals surface area contributed by atoms with Gasteiger partial charge in [0.1, 0.15) is 17.7 Å². The van der Waals surface area contributed by atoms with Crippen molar-refractivity contribution in [3.05, 3.63) is 85.2 Å². The fourth-order valence-electron chi connectivity index (χ4n) is 2.77. The van der Waals surface area contributed by atoms with Gasteiger partial charge < -0.3 is 10.6 Å². The highest BCUT2D eigenvalue weighted by Crippen LogP contribution is 2.18. The predicted molar refractivity (Wildman–Crippen MR) is 104 cm³/mol. The summed E-state index contributed by atoms with van der Waals surface area (Å²) >= 11 is 0. The topological polar surface area (TPSA) is 83.5 Å². The standard InChI is InChI=1S/C20H17N7/c21-15-18(24-19-11-13-22-26(19)16-7-3-1-4-8-16)25-20-12-14-23-27(20)17-9-5-2-6-10-17/h1-14,18,24-25H. The van der Waals surface area contributed by atoms with Crippen molar-refractivity contribution in [2.75, 3.05) is 10.6 Å². The molecule has 0 aliphatic heterocycles. The molecular weight excluding hydrogens is 338 g/mol. The van der Waals surface area contributed by atoms with E-state index in [9.17, 15) is 5.26 Å². The van der Waals surface area contributed by atoms with Crippen LogP contribution in [0.1, 0.15) is 0 Å². The summed E-state index contributed by atoms with van der Waals surface area (Å²) in [7, 11) is 0. The number of anilines is 2. The molecule has 0 saturated heterocycles. The van der Waals surface area contributed by atoms with E-state index in [1.807, 2.05) is 72.8 Å². The van der Waals surface area contributed by atoms with E-state index in [4.69, 9.17) is 0 Å². The summed E-state index contributed by atoms with van der Waals surface area (Å²) in [5, 5.41) is 24.6. The Morgan fingerprint density at radius 1 is 0.704 bits per heavy atom. The van der Waals surface area contributed by atoms with Crippen molar-refractivity contribution in [1.82, 2.24) is 19.6 Å². The molecule has 0 radical (unpaired) electrons. The van der Waals surface area contributed by atoms with Crippen molar-refractivity contribution in [3.63, 3.8) is 0 Å². The highest BCUT2D eigenvalue weighted by Gasteiger charge is 2.14. The molecule has 2 aromatic heterocycles. The molecule has 2 N–H and O–H groups in total. The molecule has 0 bridgehead atoms. The molecule has 0 spiro atoms. The van der Waals surface area contributed by atoms with E-state index in [1.165, 1.54) is 0 Å². The van der Waals surface area contributed by atoms with Crippen LogP contribution >= 0.6 is 0 Å². The van der Waals surface area contributed by atoms with Crippen molar-refractivity contribution in [2.24, 2.45) is 0 Å². The molecule has 4 rings (SSSR count). The average Bonchev–Trinajstić information content (AvgIpc) is 3.38. The van der Waals surface area contributed by atoms with Gasteiger partial charge in [-0.05, 0) is 24.3 Å². The van der Waals surface area contributed by atoms with Crippen LogP contribution < -0.4 is 10.6 Å². The number of para-hydroxylation sites is 2. The minimum Gasteiger partial charge on any atom is -0.338 e. The van der Waals surface area contributed by atoms with Gasteiger partial charge in [0.15, 0.2) is 6.17 Å². The van der Waals surface area contributed by atoms with Gasteiger partial charge in [0, 0.05) is 12.1 Å². The van der Waals surface area contributed by atoms with E-state index in [0.717, 1.165) is 11.4 Å². The lowest BCUT2D eigenvalue weighted by atomic mass is 10.3. The quantitative estimate of drug-likeness (QED) is 0.518. The maximum absolute atomic E-state index is 9.61. The van der Waals surface area contributed by atoms with Crippen molar-refractivity contribution < 1.29 is 0 Å². The van der Waals surface area contributed by atoms with Gasteiger partial charge in [0.2, 0.25) is 0 Å². The zero-order valence-corrected chi connectivity index (χ0v) is 14.4. The number of hydrogen-bond acceptors (Lipinski definition) is 5. The summed E-state index contributed by atoms with van der Waals surface area (Å²) in [5.41, 5.74) is 1.83. The minimum absolute atomic E-state index is 0.664. The van der Waals surface area contributed by atoms with Crippen LogP contribution in [-0.4, -0.2) is 25.7 Å². The van der Waals surface area contributed by atoms with Crippen LogP contribution in [0.2, 0.25) is 0 Å². The largest absolute Gasteiger partial charge is 0.338 e. The third-order valence-corrected chi connectivity index (χ3v) is 4.00. The van der Waals surface area contributed by atoms with Crippen LogP contribution in [0, 0.1) is 11.3 Å². The summed E-state index contributed by atoms with van der Waals surface area (Å²) in [6.07, 6.45) is 2.72. The van der Waals surface area contributed by atoms with E-state index in [-0.39, 0.29) is 0 Å². The molecule has 27 heavy (non-hydrogen) atoms. The SMILES string of the molecule is N#CC(Nc1ccnn1-c1ccccc1)Nc1ccnn1-c1ccccc1. The minimum atomic E-state index is -0.664. The van der Waals surface area contributed by atoms with Crippen LogP contribution in [0.15, 0.2) is 85.2 Å². The number of nitriles is 1. The molecule has 0 unspecified atom stereocenters. The van der Waals surface area contributed by atoms with E-state index >= 15 is 0 Å². The maximum atomic E-state index is 9.61. The fourth-order valence-corrected chi connectivity index (χ4v) is 2.77. The molecule has 0 atom stereocenters. The third kappa shape index (κ3) is 3.50. The second-order valence-corrected chi connectivity index (χ2v) is 5.78. The number of rotatable bonds is 6. The zero-order valence-electron chi connectivity index (χ0n) is 14.4. The molecule has 0 saturated carbocycles. The predicted octanol–water partition coefficient (Wildman–Crippen LogP) is 3.43. The Labute approximate surface area is 156 Å². The van der Waals surface area contributed by atoms with E-state index in [2.05, 4.69) is 26.9 Å². The first kappa shape index (κ1) is 16.4. The van der Waals surface area contributed by atoms with Crippen molar-refractivity contribution in [1.29, 1.82) is 5.26 Å². The number of aromatic nitrogens is 4. The molecule has 132 valence electrons. The molecule has 7 nitrogen and oxygen atoms in total. The molecule has 2 aromatic carbocycles. The van der Waals surface area contributed by atoms with Crippen LogP contribution in [0.5, 0.6) is 0 Å². The molecule has 0 fully saturated rings. The van der Waals surface area contributed by atoms with Gasteiger partial charge in [-0.2, -0.15) is 15.5 Å². The number of benzene rings is 2. The smallest absolute Gasteiger partial charge is 0.189 e. The molecule has 4 aromatic rings. The molecule has 0 aliphatic rings. The summed E-state index contributed by atoms with van der Waals surface area (Å²) in [6, 6.07) is 25.4. The summed E-state index contributed by atoms with van der Waals surface area (Å²) in [6.45, 7) is 0. The van der Waals surface area contributed by atoms with Gasteiger partial charge in [-0.25, -0.2) is 9.36 Å². The van der Waals surface area contributed by atoms with Crippen molar-refractivity contribution in [2.45, 2.75) is 6.17 Å². The molecule has 0 amide bonds. The molecule has 2 heterocycles. The molecule has 0 aliphatic carbocycles. The fraction of sp³-hybridized carbons (Fsp3) is 0.0500. The Kier molecular flexibility index (Phi) is 4.53. The Hall–Kier alpha value is -4.05. The van der Waals surface area contributed by atoms with Gasteiger partial charge in [-0.3, -0.25) is 0 Å². The van der Waals surface area contributed by atoms with Crippen molar-refractivity contribution in [3.8, 4) is 17.4 Å². The van der Waals surface area contributed by atoms with Gasteiger partial charge in [-0.1, -0.05) is 36.4 Å². The number of nitrogens with zero attached hydrogens (tertiary/aromatic N) is 5.